The van der Waals surface area contributed by atoms with Crippen molar-refractivity contribution in [3.63, 3.8) is 0 Å². The Bertz CT molecular complexity index is 612. The maximum atomic E-state index is 5.72. The van der Waals surface area contributed by atoms with E-state index in [1.807, 2.05) is 18.3 Å². The highest BCUT2D eigenvalue weighted by molar-refractivity contribution is 5.40. The summed E-state index contributed by atoms with van der Waals surface area (Å²) in [6.45, 7) is 8.05. The minimum Gasteiger partial charge on any atom is -0.493 e. The van der Waals surface area contributed by atoms with Crippen LogP contribution >= 0.6 is 0 Å². The van der Waals surface area contributed by atoms with Gasteiger partial charge in [-0.3, -0.25) is 0 Å². The highest BCUT2D eigenvalue weighted by Gasteiger charge is 2.25. The van der Waals surface area contributed by atoms with Crippen LogP contribution in [0.25, 0.3) is 0 Å². The molecule has 1 aliphatic rings. The molecule has 3 rings (SSSR count). The fourth-order valence-corrected chi connectivity index (χ4v) is 2.63. The Labute approximate surface area is 125 Å². The number of para-hydroxylation sites is 1. The third-order valence-electron chi connectivity index (χ3n) is 3.75. The molecule has 0 saturated heterocycles. The minimum absolute atomic E-state index is 0.108. The van der Waals surface area contributed by atoms with Crippen LogP contribution in [0.3, 0.4) is 0 Å². The van der Waals surface area contributed by atoms with Crippen molar-refractivity contribution in [2.45, 2.75) is 45.2 Å². The van der Waals surface area contributed by atoms with E-state index in [0.717, 1.165) is 36.8 Å². The molecule has 1 atom stereocenters. The topological polar surface area (TPSA) is 49.9 Å². The van der Waals surface area contributed by atoms with Crippen LogP contribution in [0.4, 0.5) is 0 Å². The van der Waals surface area contributed by atoms with E-state index in [-0.39, 0.29) is 5.54 Å². The predicted molar refractivity (Wildman–Crippen MR) is 83.6 cm³/mol. The molecule has 0 radical (unpaired) electrons. The third-order valence-corrected chi connectivity index (χ3v) is 3.75. The van der Waals surface area contributed by atoms with Crippen LogP contribution < -0.4 is 10.1 Å². The van der Waals surface area contributed by atoms with Crippen LogP contribution in [0.2, 0.25) is 0 Å². The van der Waals surface area contributed by atoms with Gasteiger partial charge < -0.3 is 15.0 Å². The van der Waals surface area contributed by atoms with Gasteiger partial charge in [0.2, 0.25) is 0 Å². The van der Waals surface area contributed by atoms with Gasteiger partial charge in [-0.1, -0.05) is 18.2 Å². The molecule has 4 heteroatoms. The van der Waals surface area contributed by atoms with E-state index in [4.69, 9.17) is 4.74 Å². The van der Waals surface area contributed by atoms with Crippen LogP contribution in [0.1, 0.15) is 50.2 Å². The molecular weight excluding hydrogens is 262 g/mol. The van der Waals surface area contributed by atoms with Crippen LogP contribution in [0.5, 0.6) is 5.75 Å². The van der Waals surface area contributed by atoms with Gasteiger partial charge in [0.1, 0.15) is 11.6 Å². The molecular formula is C17H23N3O. The molecule has 0 saturated carbocycles. The highest BCUT2D eigenvalue weighted by atomic mass is 16.5. The van der Waals surface area contributed by atoms with E-state index < -0.39 is 0 Å². The first kappa shape index (κ1) is 14.1. The van der Waals surface area contributed by atoms with Crippen molar-refractivity contribution >= 4 is 0 Å². The molecule has 0 bridgehead atoms. The lowest BCUT2D eigenvalue weighted by Gasteiger charge is -2.24. The number of fused-ring (bicyclic) bond motifs is 1. The normalized spacial score (nSPS) is 18.1. The van der Waals surface area contributed by atoms with Crippen molar-refractivity contribution in [3.05, 3.63) is 47.5 Å². The zero-order valence-corrected chi connectivity index (χ0v) is 12.9. The Morgan fingerprint density at radius 3 is 2.95 bits per heavy atom. The number of H-pyrrole nitrogens is 1. The van der Waals surface area contributed by atoms with Crippen molar-refractivity contribution in [3.8, 4) is 5.75 Å². The first-order chi connectivity index (χ1) is 10.0. The second kappa shape index (κ2) is 5.53. The second-order valence-corrected chi connectivity index (χ2v) is 6.62. The first-order valence-electron chi connectivity index (χ1n) is 7.53. The van der Waals surface area contributed by atoms with Gasteiger partial charge in [-0.05, 0) is 33.3 Å². The maximum absolute atomic E-state index is 5.72. The van der Waals surface area contributed by atoms with E-state index in [2.05, 4.69) is 48.2 Å². The van der Waals surface area contributed by atoms with Gasteiger partial charge in [-0.15, -0.1) is 0 Å². The summed E-state index contributed by atoms with van der Waals surface area (Å²) in [5.74, 6) is 2.33. The Morgan fingerprint density at radius 1 is 1.33 bits per heavy atom. The van der Waals surface area contributed by atoms with E-state index in [0.29, 0.717) is 5.92 Å². The zero-order chi connectivity index (χ0) is 14.9. The van der Waals surface area contributed by atoms with Crippen LogP contribution in [-0.4, -0.2) is 22.1 Å². The summed E-state index contributed by atoms with van der Waals surface area (Å²) in [5, 5.41) is 3.48. The highest BCUT2D eigenvalue weighted by Crippen LogP contribution is 2.36. The van der Waals surface area contributed by atoms with Crippen LogP contribution in [0.15, 0.2) is 30.5 Å². The summed E-state index contributed by atoms with van der Waals surface area (Å²) in [5.41, 5.74) is 2.47. The molecule has 0 spiro atoms. The second-order valence-electron chi connectivity index (χ2n) is 6.62. The number of rotatable bonds is 3. The van der Waals surface area contributed by atoms with Crippen LogP contribution in [0, 0.1) is 0 Å². The number of ether oxygens (including phenoxy) is 1. The minimum atomic E-state index is 0.108. The van der Waals surface area contributed by atoms with E-state index in [1.54, 1.807) is 0 Å². The quantitative estimate of drug-likeness (QED) is 0.910. The zero-order valence-electron chi connectivity index (χ0n) is 12.9. The molecule has 2 aromatic rings. The summed E-state index contributed by atoms with van der Waals surface area (Å²) < 4.78 is 5.72. The summed E-state index contributed by atoms with van der Waals surface area (Å²) in [6, 6.07) is 8.24. The van der Waals surface area contributed by atoms with Gasteiger partial charge in [0.05, 0.1) is 6.61 Å². The van der Waals surface area contributed by atoms with E-state index >= 15 is 0 Å². The summed E-state index contributed by atoms with van der Waals surface area (Å²) in [6.07, 6.45) is 2.91. The van der Waals surface area contributed by atoms with E-state index in [9.17, 15) is 0 Å². The van der Waals surface area contributed by atoms with Crippen molar-refractivity contribution in [2.24, 2.45) is 0 Å². The number of aromatic amines is 1. The molecule has 0 fully saturated rings. The number of aromatic nitrogens is 2. The van der Waals surface area contributed by atoms with Gasteiger partial charge >= 0.3 is 0 Å². The molecule has 1 aliphatic heterocycles. The maximum Gasteiger partial charge on any atom is 0.123 e. The van der Waals surface area contributed by atoms with Crippen molar-refractivity contribution in [1.82, 2.24) is 15.3 Å². The Morgan fingerprint density at radius 2 is 2.14 bits per heavy atom. The molecule has 4 nitrogen and oxygen atoms in total. The molecule has 1 aromatic carbocycles. The monoisotopic (exact) mass is 285 g/mol. The standard InChI is InChI=1S/C17H23N3O/c1-17(2,3)19-11-12-10-18-16(20-12)14-8-9-21-15-7-5-4-6-13(14)15/h4-7,10,14,19H,8-9,11H2,1-3H3,(H,18,20). The average molecular weight is 285 g/mol. The lowest BCUT2D eigenvalue weighted by molar-refractivity contribution is 0.274. The van der Waals surface area contributed by atoms with Gasteiger partial charge in [0.15, 0.2) is 0 Å². The number of nitrogens with zero attached hydrogens (tertiary/aromatic N) is 1. The fraction of sp³-hybridized carbons (Fsp3) is 0.471. The molecule has 1 aromatic heterocycles. The molecule has 1 unspecified atom stereocenters. The SMILES string of the molecule is CC(C)(C)NCc1cnc(C2CCOc3ccccc32)[nH]1. The average Bonchev–Trinajstić information content (AvgIpc) is 2.92. The van der Waals surface area contributed by atoms with Gasteiger partial charge in [-0.25, -0.2) is 4.98 Å². The molecule has 2 heterocycles. The van der Waals surface area contributed by atoms with Gasteiger partial charge in [0.25, 0.3) is 0 Å². The number of hydrogen-bond acceptors (Lipinski definition) is 3. The fourth-order valence-electron chi connectivity index (χ4n) is 2.63. The van der Waals surface area contributed by atoms with Crippen molar-refractivity contribution in [2.75, 3.05) is 6.61 Å². The van der Waals surface area contributed by atoms with Crippen LogP contribution in [-0.2, 0) is 6.54 Å². The molecule has 0 amide bonds. The number of nitrogens with one attached hydrogen (secondary N) is 2. The Balaban J connectivity index is 1.78. The summed E-state index contributed by atoms with van der Waals surface area (Å²) in [4.78, 5) is 8.06. The first-order valence-corrected chi connectivity index (χ1v) is 7.53. The number of hydrogen-bond donors (Lipinski definition) is 2. The predicted octanol–water partition coefficient (Wildman–Crippen LogP) is 3.21. The van der Waals surface area contributed by atoms with Gasteiger partial charge in [-0.2, -0.15) is 0 Å². The summed E-state index contributed by atoms with van der Waals surface area (Å²) in [7, 11) is 0. The van der Waals surface area contributed by atoms with Crippen molar-refractivity contribution < 1.29 is 4.74 Å². The number of benzene rings is 1. The Kier molecular flexibility index (Phi) is 3.72. The van der Waals surface area contributed by atoms with Crippen molar-refractivity contribution in [1.29, 1.82) is 0 Å². The lowest BCUT2D eigenvalue weighted by Crippen LogP contribution is -2.35. The summed E-state index contributed by atoms with van der Waals surface area (Å²) >= 11 is 0. The smallest absolute Gasteiger partial charge is 0.123 e. The molecule has 21 heavy (non-hydrogen) atoms. The van der Waals surface area contributed by atoms with Gasteiger partial charge in [0, 0.05) is 35.5 Å². The number of imidazole rings is 1. The Hall–Kier alpha value is -1.81. The molecule has 112 valence electrons. The molecule has 2 N–H and O–H groups in total. The lowest BCUT2D eigenvalue weighted by atomic mass is 9.92. The largest absolute Gasteiger partial charge is 0.493 e. The van der Waals surface area contributed by atoms with E-state index in [1.165, 1.54) is 5.56 Å². The molecule has 0 aliphatic carbocycles. The third kappa shape index (κ3) is 3.27.